The van der Waals surface area contributed by atoms with E-state index in [4.69, 9.17) is 16.0 Å². The van der Waals surface area contributed by atoms with Crippen molar-refractivity contribution >= 4 is 53.7 Å². The number of thiazole rings is 1. The van der Waals surface area contributed by atoms with Gasteiger partial charge in [-0.1, -0.05) is 23.7 Å². The molecule has 0 saturated carbocycles. The normalized spacial score (nSPS) is 16.2. The number of aromatic nitrogens is 1. The summed E-state index contributed by atoms with van der Waals surface area (Å²) in [7, 11) is 0. The summed E-state index contributed by atoms with van der Waals surface area (Å²) in [4.78, 5) is 19.4. The Labute approximate surface area is 184 Å². The lowest BCUT2D eigenvalue weighted by Crippen LogP contribution is -2.49. The van der Waals surface area contributed by atoms with E-state index in [0.717, 1.165) is 34.9 Å². The second-order valence-electron chi connectivity index (χ2n) is 6.19. The minimum absolute atomic E-state index is 0. The molecule has 0 aliphatic carbocycles. The second-order valence-corrected chi connectivity index (χ2v) is 7.49. The first kappa shape index (κ1) is 22.7. The summed E-state index contributed by atoms with van der Waals surface area (Å²) < 4.78 is 5.10. The van der Waals surface area contributed by atoms with Gasteiger partial charge in [0.05, 0.1) is 24.4 Å². The van der Waals surface area contributed by atoms with Crippen molar-refractivity contribution in [3.05, 3.63) is 64.5 Å². The van der Waals surface area contributed by atoms with Crippen molar-refractivity contribution in [2.75, 3.05) is 19.6 Å². The van der Waals surface area contributed by atoms with Crippen LogP contribution in [0.25, 0.3) is 10.6 Å². The number of furan rings is 1. The largest absolute Gasteiger partial charge is 0.472 e. The molecule has 1 aromatic carbocycles. The smallest absolute Gasteiger partial charge is 0.229 e. The SMILES string of the molecule is Cl.Cl.O=C(Cc1csc(-c2ccoc2)n1)N1CCNCC1c1cccc(Cl)c1. The molecule has 1 N–H and O–H groups in total. The molecule has 28 heavy (non-hydrogen) atoms. The van der Waals surface area contributed by atoms with Gasteiger partial charge >= 0.3 is 0 Å². The maximum Gasteiger partial charge on any atom is 0.229 e. The third-order valence-corrected chi connectivity index (χ3v) is 5.62. The monoisotopic (exact) mass is 459 g/mol. The summed E-state index contributed by atoms with van der Waals surface area (Å²) in [6.07, 6.45) is 3.58. The Balaban J connectivity index is 0.00000140. The number of benzene rings is 1. The van der Waals surface area contributed by atoms with Gasteiger partial charge in [-0.2, -0.15) is 0 Å². The number of nitrogens with one attached hydrogen (secondary N) is 1. The first-order chi connectivity index (χ1) is 12.7. The predicted octanol–water partition coefficient (Wildman–Crippen LogP) is 4.62. The maximum atomic E-state index is 12.9. The van der Waals surface area contributed by atoms with Crippen molar-refractivity contribution < 1.29 is 9.21 Å². The molecule has 1 aliphatic heterocycles. The lowest BCUT2D eigenvalue weighted by Gasteiger charge is -2.36. The van der Waals surface area contributed by atoms with Gasteiger partial charge in [0.25, 0.3) is 0 Å². The van der Waals surface area contributed by atoms with E-state index in [0.29, 0.717) is 18.0 Å². The lowest BCUT2D eigenvalue weighted by atomic mass is 10.0. The molecule has 9 heteroatoms. The molecule has 3 aromatic rings. The third kappa shape index (κ3) is 5.07. The van der Waals surface area contributed by atoms with Gasteiger partial charge in [-0.25, -0.2) is 4.98 Å². The van der Waals surface area contributed by atoms with Crippen LogP contribution in [0.1, 0.15) is 17.3 Å². The molecule has 2 aromatic heterocycles. The first-order valence-corrected chi connectivity index (χ1v) is 9.69. The van der Waals surface area contributed by atoms with E-state index in [9.17, 15) is 4.79 Å². The van der Waals surface area contributed by atoms with Crippen LogP contribution in [0.3, 0.4) is 0 Å². The Bertz CT molecular complexity index is 901. The van der Waals surface area contributed by atoms with E-state index in [2.05, 4.69) is 10.3 Å². The van der Waals surface area contributed by atoms with Crippen molar-refractivity contribution in [3.8, 4) is 10.6 Å². The topological polar surface area (TPSA) is 58.4 Å². The van der Waals surface area contributed by atoms with E-state index in [-0.39, 0.29) is 36.8 Å². The van der Waals surface area contributed by atoms with E-state index in [1.54, 1.807) is 12.5 Å². The molecule has 3 heterocycles. The summed E-state index contributed by atoms with van der Waals surface area (Å²) in [5, 5.41) is 6.86. The van der Waals surface area contributed by atoms with E-state index in [1.807, 2.05) is 40.6 Å². The number of halogens is 3. The van der Waals surface area contributed by atoms with Crippen molar-refractivity contribution in [2.24, 2.45) is 0 Å². The molecule has 4 rings (SSSR count). The average Bonchev–Trinajstić information content (AvgIpc) is 3.33. The van der Waals surface area contributed by atoms with E-state index >= 15 is 0 Å². The van der Waals surface area contributed by atoms with Gasteiger partial charge in [0.1, 0.15) is 11.3 Å². The van der Waals surface area contributed by atoms with Gasteiger partial charge in [0.2, 0.25) is 5.91 Å². The fraction of sp³-hybridized carbons (Fsp3) is 0.263. The number of piperazine rings is 1. The molecule has 150 valence electrons. The molecular formula is C19H20Cl3N3O2S. The fourth-order valence-electron chi connectivity index (χ4n) is 3.18. The van der Waals surface area contributed by atoms with Gasteiger partial charge in [-0.3, -0.25) is 4.79 Å². The molecule has 0 spiro atoms. The summed E-state index contributed by atoms with van der Waals surface area (Å²) in [5.41, 5.74) is 2.78. The molecule has 5 nitrogen and oxygen atoms in total. The predicted molar refractivity (Wildman–Crippen MR) is 117 cm³/mol. The Morgan fingerprint density at radius 2 is 2.21 bits per heavy atom. The van der Waals surface area contributed by atoms with Crippen LogP contribution in [0.2, 0.25) is 5.02 Å². The van der Waals surface area contributed by atoms with Crippen LogP contribution in [-0.2, 0) is 11.2 Å². The average molecular weight is 461 g/mol. The summed E-state index contributed by atoms with van der Waals surface area (Å²) >= 11 is 7.66. The Kier molecular flexibility index (Phi) is 8.34. The number of hydrogen-bond acceptors (Lipinski definition) is 5. The van der Waals surface area contributed by atoms with Crippen molar-refractivity contribution in [3.63, 3.8) is 0 Å². The van der Waals surface area contributed by atoms with Gasteiger partial charge in [-0.15, -0.1) is 36.2 Å². The highest BCUT2D eigenvalue weighted by Crippen LogP contribution is 2.27. The minimum Gasteiger partial charge on any atom is -0.472 e. The van der Waals surface area contributed by atoms with Crippen LogP contribution in [-0.4, -0.2) is 35.4 Å². The van der Waals surface area contributed by atoms with Crippen LogP contribution < -0.4 is 5.32 Å². The number of carbonyl (C=O) groups excluding carboxylic acids is 1. The van der Waals surface area contributed by atoms with Crippen molar-refractivity contribution in [2.45, 2.75) is 12.5 Å². The Hall–Kier alpha value is -1.57. The highest BCUT2D eigenvalue weighted by atomic mass is 35.5. The molecule has 1 amide bonds. The molecule has 1 fully saturated rings. The zero-order chi connectivity index (χ0) is 17.9. The van der Waals surface area contributed by atoms with Crippen LogP contribution >= 0.6 is 47.8 Å². The lowest BCUT2D eigenvalue weighted by molar-refractivity contribution is -0.133. The number of rotatable bonds is 4. The van der Waals surface area contributed by atoms with Gasteiger partial charge in [0, 0.05) is 35.6 Å². The number of nitrogens with zero attached hydrogens (tertiary/aromatic N) is 2. The van der Waals surface area contributed by atoms with Gasteiger partial charge in [0.15, 0.2) is 0 Å². The molecule has 1 aliphatic rings. The van der Waals surface area contributed by atoms with Gasteiger partial charge in [-0.05, 0) is 23.8 Å². The molecule has 1 saturated heterocycles. The van der Waals surface area contributed by atoms with Crippen LogP contribution in [0.4, 0.5) is 0 Å². The minimum atomic E-state index is -0.0121. The summed E-state index contributed by atoms with van der Waals surface area (Å²) in [5.74, 6) is 0.0838. The van der Waals surface area contributed by atoms with E-state index < -0.39 is 0 Å². The molecule has 1 unspecified atom stereocenters. The highest BCUT2D eigenvalue weighted by Gasteiger charge is 2.28. The standard InChI is InChI=1S/C19H18ClN3O2S.2ClH/c20-15-3-1-2-13(8-15)17-10-21-5-6-23(17)18(24)9-16-12-26-19(22-16)14-4-7-25-11-14;;/h1-4,7-8,11-12,17,21H,5-6,9-10H2;2*1H. The van der Waals surface area contributed by atoms with Crippen molar-refractivity contribution in [1.29, 1.82) is 0 Å². The number of carbonyl (C=O) groups is 1. The Morgan fingerprint density at radius 3 is 2.96 bits per heavy atom. The summed E-state index contributed by atoms with van der Waals surface area (Å²) in [6.45, 7) is 2.19. The Morgan fingerprint density at radius 1 is 1.36 bits per heavy atom. The maximum absolute atomic E-state index is 12.9. The van der Waals surface area contributed by atoms with Crippen LogP contribution in [0, 0.1) is 0 Å². The zero-order valence-corrected chi connectivity index (χ0v) is 18.0. The van der Waals surface area contributed by atoms with Crippen molar-refractivity contribution in [1.82, 2.24) is 15.2 Å². The number of amides is 1. The fourth-order valence-corrected chi connectivity index (χ4v) is 4.18. The second kappa shape index (κ2) is 10.3. The highest BCUT2D eigenvalue weighted by molar-refractivity contribution is 7.13. The molecular weight excluding hydrogens is 441 g/mol. The van der Waals surface area contributed by atoms with E-state index in [1.165, 1.54) is 11.3 Å². The van der Waals surface area contributed by atoms with Crippen LogP contribution in [0.15, 0.2) is 52.7 Å². The first-order valence-electron chi connectivity index (χ1n) is 8.43. The summed E-state index contributed by atoms with van der Waals surface area (Å²) in [6, 6.07) is 9.58. The van der Waals surface area contributed by atoms with Gasteiger partial charge < -0.3 is 14.6 Å². The third-order valence-electron chi connectivity index (χ3n) is 4.45. The van der Waals surface area contributed by atoms with Crippen LogP contribution in [0.5, 0.6) is 0 Å². The molecule has 0 radical (unpaired) electrons. The molecule has 1 atom stereocenters. The molecule has 0 bridgehead atoms. The zero-order valence-electron chi connectivity index (χ0n) is 14.8. The number of hydrogen-bond donors (Lipinski definition) is 1. The quantitative estimate of drug-likeness (QED) is 0.617.